The Balaban J connectivity index is 2.76. The zero-order valence-corrected chi connectivity index (χ0v) is 4.37. The van der Waals surface area contributed by atoms with Gasteiger partial charge in [-0.2, -0.15) is 5.10 Å². The molecule has 37 valence electrons. The van der Waals surface area contributed by atoms with Crippen LogP contribution in [0.4, 0.5) is 0 Å². The quantitative estimate of drug-likeness (QED) is 0.543. The first-order valence-corrected chi connectivity index (χ1v) is 2.43. The predicted octanol–water partition coefficient (Wildman–Crippen LogP) is 0.949. The molecule has 0 unspecified atom stereocenters. The Morgan fingerprint density at radius 3 is 3.14 bits per heavy atom. The van der Waals surface area contributed by atoms with Crippen LogP contribution >= 0.6 is 11.6 Å². The molecule has 1 N–H and O–H groups in total. The highest BCUT2D eigenvalue weighted by molar-refractivity contribution is 6.16. The summed E-state index contributed by atoms with van der Waals surface area (Å²) in [6, 6.07) is 1.72. The molecule has 1 aromatic heterocycles. The van der Waals surface area contributed by atoms with Gasteiger partial charge < -0.3 is 0 Å². The van der Waals surface area contributed by atoms with E-state index in [-0.39, 0.29) is 0 Å². The lowest BCUT2D eigenvalue weighted by Crippen LogP contribution is -1.73. The van der Waals surface area contributed by atoms with Crippen molar-refractivity contribution in [1.29, 1.82) is 0 Å². The summed E-state index contributed by atoms with van der Waals surface area (Å²) in [5.41, 5.74) is 0.835. The van der Waals surface area contributed by atoms with E-state index < -0.39 is 0 Å². The van der Waals surface area contributed by atoms with Gasteiger partial charge in [0.25, 0.3) is 0 Å². The number of nitrogens with one attached hydrogen (secondary N) is 1. The Kier molecular flexibility index (Phi) is 1.32. The van der Waals surface area contributed by atoms with Crippen molar-refractivity contribution >= 4 is 11.6 Å². The van der Waals surface area contributed by atoms with Crippen LogP contribution in [-0.2, 0) is 5.88 Å². The van der Waals surface area contributed by atoms with Crippen LogP contribution in [0.2, 0.25) is 0 Å². The van der Waals surface area contributed by atoms with Crippen LogP contribution in [0.25, 0.3) is 0 Å². The molecular formula is C4H4ClN2. The number of rotatable bonds is 1. The molecule has 0 aliphatic rings. The summed E-state index contributed by atoms with van der Waals surface area (Å²) in [4.78, 5) is 0. The summed E-state index contributed by atoms with van der Waals surface area (Å²) in [6.07, 6.45) is 2.66. The van der Waals surface area contributed by atoms with Crippen LogP contribution in [0.1, 0.15) is 5.69 Å². The van der Waals surface area contributed by atoms with Gasteiger partial charge in [-0.05, 0) is 6.07 Å². The second-order valence-electron chi connectivity index (χ2n) is 1.14. The van der Waals surface area contributed by atoms with Crippen molar-refractivity contribution in [3.8, 4) is 0 Å². The summed E-state index contributed by atoms with van der Waals surface area (Å²) >= 11 is 5.37. The minimum atomic E-state index is 0.458. The summed E-state index contributed by atoms with van der Waals surface area (Å²) in [6.45, 7) is 0. The van der Waals surface area contributed by atoms with Gasteiger partial charge in [-0.1, -0.05) is 0 Å². The van der Waals surface area contributed by atoms with Crippen molar-refractivity contribution in [3.63, 3.8) is 0 Å². The Morgan fingerprint density at radius 1 is 2.00 bits per heavy atom. The third kappa shape index (κ3) is 0.933. The van der Waals surface area contributed by atoms with Gasteiger partial charge >= 0.3 is 0 Å². The summed E-state index contributed by atoms with van der Waals surface area (Å²) in [5.74, 6) is 0.458. The topological polar surface area (TPSA) is 28.7 Å². The summed E-state index contributed by atoms with van der Waals surface area (Å²) in [7, 11) is 0. The van der Waals surface area contributed by atoms with Gasteiger partial charge in [0.1, 0.15) is 0 Å². The van der Waals surface area contributed by atoms with Crippen molar-refractivity contribution < 1.29 is 0 Å². The third-order valence-electron chi connectivity index (χ3n) is 0.640. The highest BCUT2D eigenvalue weighted by Gasteiger charge is 1.86. The first-order valence-electron chi connectivity index (χ1n) is 1.90. The zero-order chi connectivity index (χ0) is 5.11. The Hall–Kier alpha value is -0.500. The first-order chi connectivity index (χ1) is 3.43. The van der Waals surface area contributed by atoms with Gasteiger partial charge in [0.15, 0.2) is 0 Å². The van der Waals surface area contributed by atoms with Gasteiger partial charge in [0, 0.05) is 0 Å². The predicted molar refractivity (Wildman–Crippen MR) is 27.0 cm³/mol. The summed E-state index contributed by atoms with van der Waals surface area (Å²) < 4.78 is 0. The van der Waals surface area contributed by atoms with Gasteiger partial charge in [-0.3, -0.25) is 5.10 Å². The van der Waals surface area contributed by atoms with E-state index in [1.54, 1.807) is 6.07 Å². The van der Waals surface area contributed by atoms with Crippen molar-refractivity contribution in [3.05, 3.63) is 18.0 Å². The van der Waals surface area contributed by atoms with E-state index in [1.165, 1.54) is 0 Å². The molecule has 1 radical (unpaired) electrons. The first kappa shape index (κ1) is 4.65. The molecule has 1 rings (SSSR count). The minimum Gasteiger partial charge on any atom is -0.276 e. The molecular weight excluding hydrogens is 112 g/mol. The van der Waals surface area contributed by atoms with Gasteiger partial charge in [0.2, 0.25) is 0 Å². The Morgan fingerprint density at radius 2 is 2.86 bits per heavy atom. The highest BCUT2D eigenvalue weighted by atomic mass is 35.5. The number of H-pyrrole nitrogens is 1. The van der Waals surface area contributed by atoms with Crippen LogP contribution in [0, 0.1) is 6.20 Å². The fraction of sp³-hybridized carbons (Fsp3) is 0.250. The van der Waals surface area contributed by atoms with E-state index in [2.05, 4.69) is 16.4 Å². The standard InChI is InChI=1S/C4H4ClN2/c5-3-4-1-2-6-7-4/h1H,3H2,(H,6,7). The lowest BCUT2D eigenvalue weighted by atomic mass is 10.5. The maximum absolute atomic E-state index is 5.37. The molecule has 1 heterocycles. The molecule has 0 spiro atoms. The molecule has 7 heavy (non-hydrogen) atoms. The van der Waals surface area contributed by atoms with E-state index in [4.69, 9.17) is 11.6 Å². The Bertz CT molecular complexity index is 124. The number of hydrogen-bond donors (Lipinski definition) is 1. The monoisotopic (exact) mass is 115 g/mol. The third-order valence-corrected chi connectivity index (χ3v) is 0.914. The number of hydrogen-bond acceptors (Lipinski definition) is 1. The average Bonchev–Trinajstić information content (AvgIpc) is 2.14. The highest BCUT2D eigenvalue weighted by Crippen LogP contribution is 1.93. The van der Waals surface area contributed by atoms with Crippen LogP contribution in [0.3, 0.4) is 0 Å². The van der Waals surface area contributed by atoms with E-state index in [0.717, 1.165) is 5.69 Å². The van der Waals surface area contributed by atoms with Crippen molar-refractivity contribution in [2.45, 2.75) is 5.88 Å². The van der Waals surface area contributed by atoms with E-state index >= 15 is 0 Å². The smallest absolute Gasteiger partial charge is 0.0832 e. The molecule has 0 aliphatic carbocycles. The van der Waals surface area contributed by atoms with Gasteiger partial charge in [0.05, 0.1) is 17.8 Å². The molecule has 0 aromatic carbocycles. The van der Waals surface area contributed by atoms with Crippen molar-refractivity contribution in [2.75, 3.05) is 0 Å². The number of alkyl halides is 1. The number of halogens is 1. The molecule has 0 amide bonds. The van der Waals surface area contributed by atoms with Crippen molar-refractivity contribution in [2.24, 2.45) is 0 Å². The molecule has 3 heteroatoms. The molecule has 2 nitrogen and oxygen atoms in total. The van der Waals surface area contributed by atoms with Crippen LogP contribution in [0.15, 0.2) is 6.07 Å². The van der Waals surface area contributed by atoms with Gasteiger partial charge in [-0.15, -0.1) is 11.6 Å². The second-order valence-corrected chi connectivity index (χ2v) is 1.40. The molecule has 0 saturated carbocycles. The molecule has 0 aliphatic heterocycles. The van der Waals surface area contributed by atoms with Crippen molar-refractivity contribution in [1.82, 2.24) is 10.2 Å². The maximum Gasteiger partial charge on any atom is 0.0832 e. The maximum atomic E-state index is 5.37. The van der Waals surface area contributed by atoms with E-state index in [1.807, 2.05) is 0 Å². The molecule has 0 bridgehead atoms. The normalized spacial score (nSPS) is 9.29. The lowest BCUT2D eigenvalue weighted by molar-refractivity contribution is 1.03. The van der Waals surface area contributed by atoms with Crippen LogP contribution < -0.4 is 0 Å². The van der Waals surface area contributed by atoms with Gasteiger partial charge in [-0.25, -0.2) is 0 Å². The van der Waals surface area contributed by atoms with Crippen LogP contribution in [0.5, 0.6) is 0 Å². The molecule has 0 atom stereocenters. The number of nitrogens with zero attached hydrogens (tertiary/aromatic N) is 1. The molecule has 0 fully saturated rings. The second kappa shape index (κ2) is 1.98. The summed E-state index contributed by atoms with van der Waals surface area (Å²) in [5, 5.41) is 6.24. The molecule has 0 saturated heterocycles. The largest absolute Gasteiger partial charge is 0.276 e. The Labute approximate surface area is 46.5 Å². The fourth-order valence-electron chi connectivity index (χ4n) is 0.320. The molecule has 1 aromatic rings. The van der Waals surface area contributed by atoms with Crippen LogP contribution in [-0.4, -0.2) is 10.2 Å². The zero-order valence-electron chi connectivity index (χ0n) is 3.61. The van der Waals surface area contributed by atoms with E-state index in [0.29, 0.717) is 5.88 Å². The minimum absolute atomic E-state index is 0.458. The number of aromatic nitrogens is 2. The number of aromatic amines is 1. The lowest BCUT2D eigenvalue weighted by Gasteiger charge is -1.74. The fourth-order valence-corrected chi connectivity index (χ4v) is 0.457. The average molecular weight is 116 g/mol. The van der Waals surface area contributed by atoms with E-state index in [9.17, 15) is 0 Å². The SMILES string of the molecule is ClCc1c[c][nH]n1.